The maximum Gasteiger partial charge on any atom is 0.387 e. The van der Waals surface area contributed by atoms with Crippen molar-refractivity contribution in [3.63, 3.8) is 0 Å². The molecule has 0 radical (unpaired) electrons. The van der Waals surface area contributed by atoms with Gasteiger partial charge in [0, 0.05) is 16.4 Å². The molecule has 21 heavy (non-hydrogen) atoms. The standard InChI is InChI=1S/C14H11ClF2N2OS/c15-9-1-3-10(4-2-9)18-14(21)19-11-5-7-12(8-6-11)20-13(16)17/h1-8,13H,(H2,18,19,21). The van der Waals surface area contributed by atoms with Crippen molar-refractivity contribution in [3.05, 3.63) is 53.6 Å². The molecule has 0 unspecified atom stereocenters. The van der Waals surface area contributed by atoms with Crippen LogP contribution in [0.3, 0.4) is 0 Å². The molecule has 2 aromatic carbocycles. The molecule has 0 spiro atoms. The summed E-state index contributed by atoms with van der Waals surface area (Å²) in [5, 5.41) is 6.91. The van der Waals surface area contributed by atoms with Crippen LogP contribution in [0.1, 0.15) is 0 Å². The van der Waals surface area contributed by atoms with Gasteiger partial charge in [-0.1, -0.05) is 11.6 Å². The first-order chi connectivity index (χ1) is 10.0. The van der Waals surface area contributed by atoms with Crippen molar-refractivity contribution in [1.29, 1.82) is 0 Å². The molecule has 0 heterocycles. The van der Waals surface area contributed by atoms with Crippen molar-refractivity contribution in [3.8, 4) is 5.75 Å². The van der Waals surface area contributed by atoms with Crippen LogP contribution in [0.4, 0.5) is 20.2 Å². The Morgan fingerprint density at radius 1 is 0.952 bits per heavy atom. The summed E-state index contributed by atoms with van der Waals surface area (Å²) in [6, 6.07) is 13.1. The summed E-state index contributed by atoms with van der Waals surface area (Å²) in [5.41, 5.74) is 1.44. The van der Waals surface area contributed by atoms with Crippen molar-refractivity contribution >= 4 is 40.3 Å². The van der Waals surface area contributed by atoms with E-state index < -0.39 is 6.61 Å². The predicted molar refractivity (Wildman–Crippen MR) is 84.4 cm³/mol. The fourth-order valence-electron chi connectivity index (χ4n) is 1.55. The van der Waals surface area contributed by atoms with Crippen LogP contribution in [-0.4, -0.2) is 11.7 Å². The molecule has 0 atom stereocenters. The number of hydrogen-bond donors (Lipinski definition) is 2. The van der Waals surface area contributed by atoms with Crippen LogP contribution >= 0.6 is 23.8 Å². The van der Waals surface area contributed by atoms with Gasteiger partial charge in [0.15, 0.2) is 5.11 Å². The second kappa shape index (κ2) is 7.19. The SMILES string of the molecule is FC(F)Oc1ccc(NC(=S)Nc2ccc(Cl)cc2)cc1. The Hall–Kier alpha value is -1.92. The average molecular weight is 329 g/mol. The molecule has 0 bridgehead atoms. The number of ether oxygens (including phenoxy) is 1. The molecule has 7 heteroatoms. The molecule has 0 saturated carbocycles. The largest absolute Gasteiger partial charge is 0.435 e. The van der Waals surface area contributed by atoms with Crippen molar-refractivity contribution < 1.29 is 13.5 Å². The van der Waals surface area contributed by atoms with Gasteiger partial charge in [0.1, 0.15) is 5.75 Å². The number of halogens is 3. The van der Waals surface area contributed by atoms with E-state index in [1.54, 1.807) is 36.4 Å². The number of nitrogens with one attached hydrogen (secondary N) is 2. The minimum Gasteiger partial charge on any atom is -0.435 e. The fraction of sp³-hybridized carbons (Fsp3) is 0.0714. The minimum atomic E-state index is -2.84. The van der Waals surface area contributed by atoms with Crippen molar-refractivity contribution in [2.24, 2.45) is 0 Å². The average Bonchev–Trinajstić information content (AvgIpc) is 2.43. The van der Waals surface area contributed by atoms with E-state index in [9.17, 15) is 8.78 Å². The summed E-state index contributed by atoms with van der Waals surface area (Å²) in [4.78, 5) is 0. The van der Waals surface area contributed by atoms with Crippen molar-refractivity contribution in [2.45, 2.75) is 6.61 Å². The Morgan fingerprint density at radius 3 is 1.90 bits per heavy atom. The first-order valence-corrected chi connectivity index (χ1v) is 6.70. The van der Waals surface area contributed by atoms with E-state index in [1.807, 2.05) is 0 Å². The maximum atomic E-state index is 12.0. The molecular weight excluding hydrogens is 318 g/mol. The van der Waals surface area contributed by atoms with Crippen LogP contribution in [-0.2, 0) is 0 Å². The molecule has 110 valence electrons. The summed E-state index contributed by atoms with van der Waals surface area (Å²) in [6.07, 6.45) is 0. The Kier molecular flexibility index (Phi) is 5.30. The van der Waals surface area contributed by atoms with E-state index in [1.165, 1.54) is 12.1 Å². The molecule has 3 nitrogen and oxygen atoms in total. The summed E-state index contributed by atoms with van der Waals surface area (Å²) in [7, 11) is 0. The highest BCUT2D eigenvalue weighted by Gasteiger charge is 2.04. The van der Waals surface area contributed by atoms with Crippen LogP contribution in [0.2, 0.25) is 5.02 Å². The molecule has 2 N–H and O–H groups in total. The summed E-state index contributed by atoms with van der Waals surface area (Å²) in [5.74, 6) is 0.0899. The third-order valence-corrected chi connectivity index (χ3v) is 2.90. The van der Waals surface area contributed by atoms with E-state index in [-0.39, 0.29) is 5.75 Å². The van der Waals surface area contributed by atoms with E-state index >= 15 is 0 Å². The first kappa shape index (κ1) is 15.5. The first-order valence-electron chi connectivity index (χ1n) is 5.91. The normalized spacial score (nSPS) is 10.3. The van der Waals surface area contributed by atoms with Gasteiger partial charge in [-0.15, -0.1) is 0 Å². The highest BCUT2D eigenvalue weighted by atomic mass is 35.5. The lowest BCUT2D eigenvalue weighted by molar-refractivity contribution is -0.0498. The van der Waals surface area contributed by atoms with Gasteiger partial charge in [-0.25, -0.2) is 0 Å². The lowest BCUT2D eigenvalue weighted by Crippen LogP contribution is -2.18. The van der Waals surface area contributed by atoms with Gasteiger partial charge in [-0.2, -0.15) is 8.78 Å². The predicted octanol–water partition coefficient (Wildman–Crippen LogP) is 4.75. The number of anilines is 2. The van der Waals surface area contributed by atoms with Crippen LogP contribution in [0.15, 0.2) is 48.5 Å². The quantitative estimate of drug-likeness (QED) is 0.793. The summed E-state index contributed by atoms with van der Waals surface area (Å²) in [6.45, 7) is -2.84. The molecule has 0 aromatic heterocycles. The number of rotatable bonds is 4. The molecule has 2 rings (SSSR count). The zero-order valence-electron chi connectivity index (χ0n) is 10.6. The fourth-order valence-corrected chi connectivity index (χ4v) is 1.91. The van der Waals surface area contributed by atoms with Crippen LogP contribution < -0.4 is 15.4 Å². The Labute approximate surface area is 130 Å². The summed E-state index contributed by atoms with van der Waals surface area (Å²) < 4.78 is 28.3. The van der Waals surface area contributed by atoms with Gasteiger partial charge in [-0.05, 0) is 60.7 Å². The smallest absolute Gasteiger partial charge is 0.387 e. The number of hydrogen-bond acceptors (Lipinski definition) is 2. The number of thiocarbonyl (C=S) groups is 1. The minimum absolute atomic E-state index is 0.0899. The highest BCUT2D eigenvalue weighted by Crippen LogP contribution is 2.18. The molecule has 0 saturated heterocycles. The maximum absolute atomic E-state index is 12.0. The van der Waals surface area contributed by atoms with Gasteiger partial charge >= 0.3 is 6.61 Å². The third-order valence-electron chi connectivity index (χ3n) is 2.44. The van der Waals surface area contributed by atoms with Gasteiger partial charge in [0.2, 0.25) is 0 Å². The van der Waals surface area contributed by atoms with E-state index in [2.05, 4.69) is 15.4 Å². The zero-order chi connectivity index (χ0) is 15.2. The molecular formula is C14H11ClF2N2OS. The van der Waals surface area contributed by atoms with Gasteiger partial charge < -0.3 is 15.4 Å². The third kappa shape index (κ3) is 5.17. The number of benzene rings is 2. The molecule has 2 aromatic rings. The van der Waals surface area contributed by atoms with E-state index in [0.717, 1.165) is 5.69 Å². The second-order valence-electron chi connectivity index (χ2n) is 3.99. The summed E-state index contributed by atoms with van der Waals surface area (Å²) >= 11 is 10.9. The monoisotopic (exact) mass is 328 g/mol. The molecule has 0 fully saturated rings. The van der Waals surface area contributed by atoms with E-state index in [0.29, 0.717) is 15.8 Å². The van der Waals surface area contributed by atoms with Gasteiger partial charge in [0.05, 0.1) is 0 Å². The lowest BCUT2D eigenvalue weighted by Gasteiger charge is -2.11. The second-order valence-corrected chi connectivity index (χ2v) is 4.83. The Morgan fingerprint density at radius 2 is 1.43 bits per heavy atom. The molecule has 0 amide bonds. The highest BCUT2D eigenvalue weighted by molar-refractivity contribution is 7.80. The Bertz CT molecular complexity index is 605. The zero-order valence-corrected chi connectivity index (χ0v) is 12.2. The van der Waals surface area contributed by atoms with Gasteiger partial charge in [0.25, 0.3) is 0 Å². The van der Waals surface area contributed by atoms with E-state index in [4.69, 9.17) is 23.8 Å². The van der Waals surface area contributed by atoms with Crippen LogP contribution in [0.25, 0.3) is 0 Å². The Balaban J connectivity index is 1.91. The van der Waals surface area contributed by atoms with Crippen LogP contribution in [0, 0.1) is 0 Å². The number of alkyl halides is 2. The van der Waals surface area contributed by atoms with Crippen LogP contribution in [0.5, 0.6) is 5.75 Å². The van der Waals surface area contributed by atoms with Crippen molar-refractivity contribution in [1.82, 2.24) is 0 Å². The molecule has 0 aliphatic rings. The van der Waals surface area contributed by atoms with Crippen molar-refractivity contribution in [2.75, 3.05) is 10.6 Å². The molecule has 0 aliphatic carbocycles. The van der Waals surface area contributed by atoms with Gasteiger partial charge in [-0.3, -0.25) is 0 Å². The lowest BCUT2D eigenvalue weighted by atomic mass is 10.3. The topological polar surface area (TPSA) is 33.3 Å². The molecule has 0 aliphatic heterocycles.